The molecule has 4 aromatic rings. The highest BCUT2D eigenvalue weighted by molar-refractivity contribution is 7.98. The number of thioether (sulfide) groups is 1. The lowest BCUT2D eigenvalue weighted by Gasteiger charge is -2.03. The van der Waals surface area contributed by atoms with Crippen LogP contribution in [0.5, 0.6) is 0 Å². The smallest absolute Gasteiger partial charge is 0.162 e. The normalized spacial score (nSPS) is 11.6. The number of aryl methyl sites for hydroxylation is 3. The largest absolute Gasteiger partial charge is 0.250 e. The molecule has 0 fully saturated rings. The Hall–Kier alpha value is -2.48. The van der Waals surface area contributed by atoms with Gasteiger partial charge in [0, 0.05) is 31.4 Å². The molecule has 23 heavy (non-hydrogen) atoms. The third kappa shape index (κ3) is 2.35. The van der Waals surface area contributed by atoms with Gasteiger partial charge in [0.05, 0.1) is 17.3 Å². The lowest BCUT2D eigenvalue weighted by Crippen LogP contribution is -1.93. The van der Waals surface area contributed by atoms with Crippen LogP contribution in [0, 0.1) is 6.92 Å². The summed E-state index contributed by atoms with van der Waals surface area (Å²) >= 11 is 1.67. The summed E-state index contributed by atoms with van der Waals surface area (Å²) in [5.74, 6) is 0.790. The molecule has 0 saturated carbocycles. The Kier molecular flexibility index (Phi) is 3.26. The average Bonchev–Trinajstić information content (AvgIpc) is 3.07. The molecule has 0 saturated heterocycles. The molecule has 0 aromatic carbocycles. The number of hydrogen-bond acceptors (Lipinski definition) is 6. The maximum atomic E-state index is 4.52. The average molecular weight is 325 g/mol. The van der Waals surface area contributed by atoms with Crippen LogP contribution in [-0.2, 0) is 19.8 Å². The monoisotopic (exact) mass is 325 g/mol. The Labute approximate surface area is 136 Å². The van der Waals surface area contributed by atoms with Gasteiger partial charge in [0.2, 0.25) is 0 Å². The summed E-state index contributed by atoms with van der Waals surface area (Å²) in [5.41, 5.74) is 3.90. The summed E-state index contributed by atoms with van der Waals surface area (Å²) in [6, 6.07) is 2.15. The number of hydrogen-bond donors (Lipinski definition) is 0. The van der Waals surface area contributed by atoms with Crippen molar-refractivity contribution < 1.29 is 0 Å². The Balaban J connectivity index is 1.64. The first-order chi connectivity index (χ1) is 11.1. The third-order valence-corrected chi connectivity index (χ3v) is 4.86. The summed E-state index contributed by atoms with van der Waals surface area (Å²) in [6.45, 7) is 2.00. The molecule has 0 aliphatic heterocycles. The maximum absolute atomic E-state index is 4.52. The summed E-state index contributed by atoms with van der Waals surface area (Å²) in [4.78, 5) is 13.2. The van der Waals surface area contributed by atoms with E-state index in [1.165, 1.54) is 0 Å². The fraction of sp³-hybridized carbons (Fsp3) is 0.267. The standard InChI is InChI=1S/C15H15N7S/c1-9-11-4-10(5-16-13(11)22(3)20-9)7-23-15-12-6-19-21(2)14(12)17-8-18-15/h4-6,8H,7H2,1-3H3. The van der Waals surface area contributed by atoms with E-state index < -0.39 is 0 Å². The Morgan fingerprint density at radius 3 is 2.70 bits per heavy atom. The van der Waals surface area contributed by atoms with Gasteiger partial charge in [0.15, 0.2) is 11.3 Å². The molecule has 7 nitrogen and oxygen atoms in total. The van der Waals surface area contributed by atoms with Gasteiger partial charge in [-0.1, -0.05) is 0 Å². The number of pyridine rings is 1. The van der Waals surface area contributed by atoms with Gasteiger partial charge in [-0.3, -0.25) is 9.36 Å². The van der Waals surface area contributed by atoms with Crippen molar-refractivity contribution in [3.8, 4) is 0 Å². The van der Waals surface area contributed by atoms with Crippen LogP contribution in [0.25, 0.3) is 22.1 Å². The molecule has 0 amide bonds. The van der Waals surface area contributed by atoms with Gasteiger partial charge in [0.25, 0.3) is 0 Å². The minimum atomic E-state index is 0.790. The van der Waals surface area contributed by atoms with Crippen molar-refractivity contribution in [3.05, 3.63) is 36.0 Å². The number of aromatic nitrogens is 7. The molecule has 0 bridgehead atoms. The Morgan fingerprint density at radius 1 is 1.00 bits per heavy atom. The lowest BCUT2D eigenvalue weighted by atomic mass is 10.2. The van der Waals surface area contributed by atoms with E-state index in [2.05, 4.69) is 31.2 Å². The number of nitrogens with zero attached hydrogens (tertiary/aromatic N) is 7. The number of fused-ring (bicyclic) bond motifs is 2. The minimum Gasteiger partial charge on any atom is -0.250 e. The van der Waals surface area contributed by atoms with Gasteiger partial charge in [0.1, 0.15) is 11.4 Å². The van der Waals surface area contributed by atoms with E-state index in [-0.39, 0.29) is 0 Å². The van der Waals surface area contributed by atoms with Crippen molar-refractivity contribution in [3.63, 3.8) is 0 Å². The van der Waals surface area contributed by atoms with E-state index in [9.17, 15) is 0 Å². The predicted octanol–water partition coefficient (Wildman–Crippen LogP) is 2.25. The van der Waals surface area contributed by atoms with E-state index in [1.54, 1.807) is 22.8 Å². The maximum Gasteiger partial charge on any atom is 0.162 e. The first kappa shape index (κ1) is 14.1. The van der Waals surface area contributed by atoms with Crippen LogP contribution in [0.4, 0.5) is 0 Å². The second kappa shape index (κ2) is 5.31. The van der Waals surface area contributed by atoms with Crippen LogP contribution in [0.15, 0.2) is 29.8 Å². The van der Waals surface area contributed by atoms with E-state index in [0.717, 1.165) is 44.1 Å². The van der Waals surface area contributed by atoms with Crippen molar-refractivity contribution in [2.24, 2.45) is 14.1 Å². The molecular weight excluding hydrogens is 310 g/mol. The lowest BCUT2D eigenvalue weighted by molar-refractivity contribution is 0.773. The molecule has 0 atom stereocenters. The number of rotatable bonds is 3. The molecular formula is C15H15N7S. The SMILES string of the molecule is Cc1nn(C)c2ncc(CSc3ncnc4c3cnn4C)cc12. The summed E-state index contributed by atoms with van der Waals surface area (Å²) < 4.78 is 3.57. The summed E-state index contributed by atoms with van der Waals surface area (Å²) in [7, 11) is 3.80. The van der Waals surface area contributed by atoms with E-state index in [0.29, 0.717) is 0 Å². The zero-order valence-electron chi connectivity index (χ0n) is 13.1. The quantitative estimate of drug-likeness (QED) is 0.425. The molecule has 0 aliphatic carbocycles. The zero-order chi connectivity index (χ0) is 16.0. The molecule has 8 heteroatoms. The topological polar surface area (TPSA) is 74.3 Å². The zero-order valence-corrected chi connectivity index (χ0v) is 13.9. The fourth-order valence-corrected chi connectivity index (χ4v) is 3.52. The van der Waals surface area contributed by atoms with Crippen molar-refractivity contribution in [2.45, 2.75) is 17.7 Å². The molecule has 4 aromatic heterocycles. The van der Waals surface area contributed by atoms with Crippen LogP contribution in [0.3, 0.4) is 0 Å². The van der Waals surface area contributed by atoms with Gasteiger partial charge in [-0.2, -0.15) is 10.2 Å². The molecule has 0 unspecified atom stereocenters. The molecule has 0 radical (unpaired) electrons. The van der Waals surface area contributed by atoms with Crippen LogP contribution >= 0.6 is 11.8 Å². The highest BCUT2D eigenvalue weighted by Crippen LogP contribution is 2.27. The second-order valence-corrected chi connectivity index (χ2v) is 6.36. The molecule has 4 heterocycles. The summed E-state index contributed by atoms with van der Waals surface area (Å²) in [6.07, 6.45) is 5.29. The highest BCUT2D eigenvalue weighted by Gasteiger charge is 2.10. The van der Waals surface area contributed by atoms with Gasteiger partial charge >= 0.3 is 0 Å². The van der Waals surface area contributed by atoms with E-state index >= 15 is 0 Å². The van der Waals surface area contributed by atoms with Crippen LogP contribution in [0.1, 0.15) is 11.3 Å². The highest BCUT2D eigenvalue weighted by atomic mass is 32.2. The molecule has 4 rings (SSSR count). The Bertz CT molecular complexity index is 1020. The van der Waals surface area contributed by atoms with Crippen LogP contribution in [-0.4, -0.2) is 34.5 Å². The fourth-order valence-electron chi connectivity index (χ4n) is 2.64. The van der Waals surface area contributed by atoms with Crippen molar-refractivity contribution in [2.75, 3.05) is 0 Å². The van der Waals surface area contributed by atoms with Crippen molar-refractivity contribution >= 4 is 33.8 Å². The van der Waals surface area contributed by atoms with Gasteiger partial charge in [-0.25, -0.2) is 15.0 Å². The first-order valence-electron chi connectivity index (χ1n) is 7.17. The molecule has 0 spiro atoms. The van der Waals surface area contributed by atoms with Crippen LogP contribution in [0.2, 0.25) is 0 Å². The van der Waals surface area contributed by atoms with Gasteiger partial charge in [-0.15, -0.1) is 11.8 Å². The summed E-state index contributed by atoms with van der Waals surface area (Å²) in [5, 5.41) is 11.7. The second-order valence-electron chi connectivity index (χ2n) is 5.40. The van der Waals surface area contributed by atoms with Gasteiger partial charge < -0.3 is 0 Å². The van der Waals surface area contributed by atoms with Crippen LogP contribution < -0.4 is 0 Å². The Morgan fingerprint density at radius 2 is 1.83 bits per heavy atom. The first-order valence-corrected chi connectivity index (χ1v) is 8.16. The van der Waals surface area contributed by atoms with E-state index in [4.69, 9.17) is 0 Å². The molecule has 0 aliphatic rings. The predicted molar refractivity (Wildman–Crippen MR) is 89.1 cm³/mol. The van der Waals surface area contributed by atoms with Gasteiger partial charge in [-0.05, 0) is 18.6 Å². The molecule has 0 N–H and O–H groups in total. The van der Waals surface area contributed by atoms with Crippen molar-refractivity contribution in [1.29, 1.82) is 0 Å². The van der Waals surface area contributed by atoms with Crippen molar-refractivity contribution in [1.82, 2.24) is 34.5 Å². The third-order valence-electron chi connectivity index (χ3n) is 3.79. The van der Waals surface area contributed by atoms with E-state index in [1.807, 2.05) is 38.1 Å². The molecule has 116 valence electrons. The minimum absolute atomic E-state index is 0.790.